The van der Waals surface area contributed by atoms with Crippen molar-refractivity contribution in [1.82, 2.24) is 5.16 Å². The van der Waals surface area contributed by atoms with Crippen molar-refractivity contribution in [2.24, 2.45) is 0 Å². The van der Waals surface area contributed by atoms with Gasteiger partial charge in [0.05, 0.1) is 0 Å². The largest absolute Gasteiger partial charge is 0.475 e. The molecule has 1 heterocycles. The minimum absolute atomic E-state index is 0.181. The SMILES string of the molecule is O=C(O)c1cc(-c2ccc(Cl)cc2)no1. The number of rotatable bonds is 2. The van der Waals surface area contributed by atoms with E-state index < -0.39 is 5.97 Å². The second-order valence-corrected chi connectivity index (χ2v) is 3.32. The van der Waals surface area contributed by atoms with Crippen LogP contribution in [0.5, 0.6) is 0 Å². The summed E-state index contributed by atoms with van der Waals surface area (Å²) < 4.78 is 4.63. The van der Waals surface area contributed by atoms with Gasteiger partial charge in [-0.05, 0) is 12.1 Å². The van der Waals surface area contributed by atoms with Gasteiger partial charge in [-0.1, -0.05) is 28.9 Å². The normalized spacial score (nSPS) is 10.2. The van der Waals surface area contributed by atoms with Crippen molar-refractivity contribution >= 4 is 17.6 Å². The Balaban J connectivity index is 2.37. The Hall–Kier alpha value is -1.81. The van der Waals surface area contributed by atoms with Gasteiger partial charge in [0.15, 0.2) is 0 Å². The third kappa shape index (κ3) is 1.99. The molecule has 0 aliphatic carbocycles. The number of hydrogen-bond donors (Lipinski definition) is 1. The summed E-state index contributed by atoms with van der Waals surface area (Å²) in [5.74, 6) is -1.32. The molecule has 0 atom stereocenters. The molecule has 15 heavy (non-hydrogen) atoms. The summed E-state index contributed by atoms with van der Waals surface area (Å²) >= 11 is 5.72. The lowest BCUT2D eigenvalue weighted by molar-refractivity contribution is 0.0652. The average Bonchev–Trinajstić information content (AvgIpc) is 2.68. The molecule has 5 heteroatoms. The van der Waals surface area contributed by atoms with Gasteiger partial charge in [0.2, 0.25) is 5.76 Å². The first-order valence-electron chi connectivity index (χ1n) is 4.13. The zero-order valence-corrected chi connectivity index (χ0v) is 8.23. The molecule has 0 spiro atoms. The number of nitrogens with zero attached hydrogens (tertiary/aromatic N) is 1. The van der Waals surface area contributed by atoms with Gasteiger partial charge in [-0.15, -0.1) is 0 Å². The molecule has 2 aromatic rings. The van der Waals surface area contributed by atoms with E-state index in [2.05, 4.69) is 9.68 Å². The quantitative estimate of drug-likeness (QED) is 0.850. The van der Waals surface area contributed by atoms with Gasteiger partial charge in [0, 0.05) is 16.7 Å². The van der Waals surface area contributed by atoms with E-state index >= 15 is 0 Å². The summed E-state index contributed by atoms with van der Waals surface area (Å²) in [6.45, 7) is 0. The third-order valence-electron chi connectivity index (χ3n) is 1.86. The van der Waals surface area contributed by atoms with Crippen molar-refractivity contribution in [3.05, 3.63) is 41.1 Å². The first kappa shape index (κ1) is 9.73. The minimum Gasteiger partial charge on any atom is -0.475 e. The molecule has 0 saturated heterocycles. The summed E-state index contributed by atoms with van der Waals surface area (Å²) in [5, 5.41) is 12.9. The highest BCUT2D eigenvalue weighted by Crippen LogP contribution is 2.21. The Kier molecular flexibility index (Phi) is 2.43. The van der Waals surface area contributed by atoms with Crippen LogP contribution in [0.1, 0.15) is 10.6 Å². The van der Waals surface area contributed by atoms with E-state index in [-0.39, 0.29) is 5.76 Å². The molecule has 0 saturated carbocycles. The lowest BCUT2D eigenvalue weighted by Crippen LogP contribution is -1.91. The highest BCUT2D eigenvalue weighted by molar-refractivity contribution is 6.30. The molecular weight excluding hydrogens is 218 g/mol. The number of benzene rings is 1. The summed E-state index contributed by atoms with van der Waals surface area (Å²) in [4.78, 5) is 10.5. The fourth-order valence-corrected chi connectivity index (χ4v) is 1.26. The molecule has 1 aromatic heterocycles. The Labute approximate surface area is 90.1 Å². The van der Waals surface area contributed by atoms with Crippen LogP contribution in [0.25, 0.3) is 11.3 Å². The van der Waals surface area contributed by atoms with E-state index in [0.717, 1.165) is 5.56 Å². The van der Waals surface area contributed by atoms with Gasteiger partial charge in [-0.25, -0.2) is 4.79 Å². The summed E-state index contributed by atoms with van der Waals surface area (Å²) in [5.41, 5.74) is 1.24. The first-order chi connectivity index (χ1) is 7.16. The molecule has 0 aliphatic rings. The summed E-state index contributed by atoms with van der Waals surface area (Å²) in [6.07, 6.45) is 0. The van der Waals surface area contributed by atoms with Crippen LogP contribution < -0.4 is 0 Å². The van der Waals surface area contributed by atoms with Gasteiger partial charge in [0.25, 0.3) is 0 Å². The number of carboxylic acid groups (broad SMARTS) is 1. The van der Waals surface area contributed by atoms with Crippen molar-refractivity contribution in [2.45, 2.75) is 0 Å². The molecule has 0 unspecified atom stereocenters. The monoisotopic (exact) mass is 223 g/mol. The van der Waals surface area contributed by atoms with E-state index in [9.17, 15) is 4.79 Å². The lowest BCUT2D eigenvalue weighted by atomic mass is 10.1. The minimum atomic E-state index is -1.14. The van der Waals surface area contributed by atoms with Crippen molar-refractivity contribution in [3.63, 3.8) is 0 Å². The summed E-state index contributed by atoms with van der Waals surface area (Å²) in [6, 6.07) is 8.25. The maximum Gasteiger partial charge on any atom is 0.374 e. The van der Waals surface area contributed by atoms with E-state index in [1.165, 1.54) is 6.07 Å². The molecule has 1 aromatic carbocycles. The standard InChI is InChI=1S/C10H6ClNO3/c11-7-3-1-6(2-4-7)8-5-9(10(13)14)15-12-8/h1-5H,(H,13,14). The molecule has 0 bridgehead atoms. The van der Waals surface area contributed by atoms with Crippen LogP contribution in [0.4, 0.5) is 0 Å². The van der Waals surface area contributed by atoms with Crippen LogP contribution >= 0.6 is 11.6 Å². The fraction of sp³-hybridized carbons (Fsp3) is 0. The molecule has 0 radical (unpaired) electrons. The lowest BCUT2D eigenvalue weighted by Gasteiger charge is -1.93. The molecule has 0 fully saturated rings. The second-order valence-electron chi connectivity index (χ2n) is 2.89. The molecule has 0 aliphatic heterocycles. The molecule has 76 valence electrons. The summed E-state index contributed by atoms with van der Waals surface area (Å²) in [7, 11) is 0. The van der Waals surface area contributed by atoms with Crippen molar-refractivity contribution in [3.8, 4) is 11.3 Å². The van der Waals surface area contributed by atoms with Crippen molar-refractivity contribution in [2.75, 3.05) is 0 Å². The zero-order valence-electron chi connectivity index (χ0n) is 7.48. The number of halogens is 1. The fourth-order valence-electron chi connectivity index (χ4n) is 1.13. The second kappa shape index (κ2) is 3.74. The van der Waals surface area contributed by atoms with E-state index in [1.54, 1.807) is 24.3 Å². The van der Waals surface area contributed by atoms with Crippen LogP contribution in [0.15, 0.2) is 34.9 Å². The maximum absolute atomic E-state index is 10.5. The van der Waals surface area contributed by atoms with Crippen LogP contribution in [-0.2, 0) is 0 Å². The van der Waals surface area contributed by atoms with Gasteiger partial charge < -0.3 is 9.63 Å². The Bertz CT molecular complexity index is 490. The molecular formula is C10H6ClNO3. The van der Waals surface area contributed by atoms with Gasteiger partial charge in [-0.3, -0.25) is 0 Å². The number of carbonyl (C=O) groups is 1. The molecule has 4 nitrogen and oxygen atoms in total. The number of hydrogen-bond acceptors (Lipinski definition) is 3. The maximum atomic E-state index is 10.5. The number of carboxylic acids is 1. The predicted octanol–water partition coefficient (Wildman–Crippen LogP) is 2.69. The van der Waals surface area contributed by atoms with Crippen molar-refractivity contribution in [1.29, 1.82) is 0 Å². The zero-order chi connectivity index (χ0) is 10.8. The van der Waals surface area contributed by atoms with Gasteiger partial charge in [0.1, 0.15) is 5.69 Å². The average molecular weight is 224 g/mol. The van der Waals surface area contributed by atoms with Crippen LogP contribution in [-0.4, -0.2) is 16.2 Å². The van der Waals surface area contributed by atoms with Gasteiger partial charge in [-0.2, -0.15) is 0 Å². The molecule has 1 N–H and O–H groups in total. The Morgan fingerprint density at radius 1 is 1.33 bits per heavy atom. The highest BCUT2D eigenvalue weighted by atomic mass is 35.5. The van der Waals surface area contributed by atoms with E-state index in [0.29, 0.717) is 10.7 Å². The van der Waals surface area contributed by atoms with Crippen LogP contribution in [0.3, 0.4) is 0 Å². The van der Waals surface area contributed by atoms with Crippen LogP contribution in [0.2, 0.25) is 5.02 Å². The molecule has 0 amide bonds. The van der Waals surface area contributed by atoms with Gasteiger partial charge >= 0.3 is 5.97 Å². The first-order valence-corrected chi connectivity index (χ1v) is 4.50. The number of aromatic nitrogens is 1. The topological polar surface area (TPSA) is 63.3 Å². The Morgan fingerprint density at radius 2 is 2.00 bits per heavy atom. The van der Waals surface area contributed by atoms with Crippen LogP contribution in [0, 0.1) is 0 Å². The Morgan fingerprint density at radius 3 is 2.53 bits per heavy atom. The van der Waals surface area contributed by atoms with E-state index in [1.807, 2.05) is 0 Å². The molecule has 2 rings (SSSR count). The van der Waals surface area contributed by atoms with Crippen molar-refractivity contribution < 1.29 is 14.4 Å². The third-order valence-corrected chi connectivity index (χ3v) is 2.11. The smallest absolute Gasteiger partial charge is 0.374 e. The highest BCUT2D eigenvalue weighted by Gasteiger charge is 2.11. The number of aromatic carboxylic acids is 1. The van der Waals surface area contributed by atoms with E-state index in [4.69, 9.17) is 16.7 Å². The predicted molar refractivity (Wildman–Crippen MR) is 53.9 cm³/mol.